The molecule has 0 radical (unpaired) electrons. The number of likely N-dealkylation sites (tertiary alicyclic amines) is 1. The number of rotatable bonds is 2. The van der Waals surface area contributed by atoms with Crippen molar-refractivity contribution in [1.29, 1.82) is 0 Å². The van der Waals surface area contributed by atoms with E-state index in [-0.39, 0.29) is 24.9 Å². The van der Waals surface area contributed by atoms with Gasteiger partial charge in [0, 0.05) is 19.0 Å². The molecule has 6 heteroatoms. The number of imide groups is 1. The van der Waals surface area contributed by atoms with Crippen molar-refractivity contribution in [3.63, 3.8) is 0 Å². The molecule has 0 spiro atoms. The second-order valence-corrected chi connectivity index (χ2v) is 4.18. The van der Waals surface area contributed by atoms with Crippen molar-refractivity contribution in [3.05, 3.63) is 0 Å². The number of carboxylic acid groups (broad SMARTS) is 1. The largest absolute Gasteiger partial charge is 0.481 e. The van der Waals surface area contributed by atoms with Crippen LogP contribution in [0.1, 0.15) is 26.7 Å². The molecule has 3 amide bonds. The minimum Gasteiger partial charge on any atom is -0.481 e. The Hall–Kier alpha value is -1.59. The molecule has 1 saturated heterocycles. The molecule has 1 heterocycles. The highest BCUT2D eigenvalue weighted by Gasteiger charge is 2.33. The van der Waals surface area contributed by atoms with Crippen molar-refractivity contribution in [2.75, 3.05) is 6.54 Å². The molecule has 0 aromatic carbocycles. The number of nitrogens with one attached hydrogen (secondary N) is 1. The van der Waals surface area contributed by atoms with Crippen LogP contribution in [0.5, 0.6) is 0 Å². The number of hydrogen-bond donors (Lipinski definition) is 2. The predicted molar refractivity (Wildman–Crippen MR) is 55.7 cm³/mol. The summed E-state index contributed by atoms with van der Waals surface area (Å²) in [4.78, 5) is 34.8. The fraction of sp³-hybridized carbons (Fsp3) is 0.700. The van der Waals surface area contributed by atoms with Gasteiger partial charge in [-0.1, -0.05) is 0 Å². The molecular weight excluding hydrogens is 212 g/mol. The van der Waals surface area contributed by atoms with Gasteiger partial charge >= 0.3 is 12.0 Å². The normalized spacial score (nSPS) is 21.1. The number of piperidine rings is 1. The van der Waals surface area contributed by atoms with Gasteiger partial charge in [-0.3, -0.25) is 14.5 Å². The molecule has 2 N–H and O–H groups in total. The van der Waals surface area contributed by atoms with E-state index >= 15 is 0 Å². The van der Waals surface area contributed by atoms with Crippen LogP contribution in [0, 0.1) is 5.92 Å². The Morgan fingerprint density at radius 2 is 2.12 bits per heavy atom. The topological polar surface area (TPSA) is 86.7 Å². The zero-order valence-corrected chi connectivity index (χ0v) is 9.40. The van der Waals surface area contributed by atoms with Gasteiger partial charge in [-0.2, -0.15) is 0 Å². The van der Waals surface area contributed by atoms with Gasteiger partial charge < -0.3 is 10.4 Å². The lowest BCUT2D eigenvalue weighted by molar-refractivity contribution is -0.145. The predicted octanol–water partition coefficient (Wildman–Crippen LogP) is 0.428. The zero-order chi connectivity index (χ0) is 12.3. The summed E-state index contributed by atoms with van der Waals surface area (Å²) in [5.41, 5.74) is 0. The average molecular weight is 228 g/mol. The number of amides is 3. The van der Waals surface area contributed by atoms with E-state index in [4.69, 9.17) is 5.11 Å². The summed E-state index contributed by atoms with van der Waals surface area (Å²) in [5.74, 6) is -1.92. The molecule has 1 unspecified atom stereocenters. The van der Waals surface area contributed by atoms with Gasteiger partial charge in [0.25, 0.3) is 0 Å². The van der Waals surface area contributed by atoms with E-state index in [0.29, 0.717) is 6.42 Å². The highest BCUT2D eigenvalue weighted by molar-refractivity contribution is 5.96. The third kappa shape index (κ3) is 2.95. The molecule has 1 rings (SSSR count). The molecule has 1 aliphatic rings. The van der Waals surface area contributed by atoms with Crippen LogP contribution in [0.4, 0.5) is 4.79 Å². The SMILES string of the molecule is CC(C)NC(=O)N1CC(C(=O)O)CCC1=O. The minimum absolute atomic E-state index is 0.0350. The van der Waals surface area contributed by atoms with E-state index in [1.165, 1.54) is 0 Å². The van der Waals surface area contributed by atoms with E-state index in [0.717, 1.165) is 4.90 Å². The van der Waals surface area contributed by atoms with E-state index in [1.54, 1.807) is 13.8 Å². The maximum atomic E-state index is 11.6. The van der Waals surface area contributed by atoms with Gasteiger partial charge in [0.05, 0.1) is 5.92 Å². The first-order valence-electron chi connectivity index (χ1n) is 5.25. The number of nitrogens with zero attached hydrogens (tertiary/aromatic N) is 1. The molecule has 0 aliphatic carbocycles. The maximum Gasteiger partial charge on any atom is 0.324 e. The minimum atomic E-state index is -0.963. The van der Waals surface area contributed by atoms with Gasteiger partial charge in [-0.25, -0.2) is 4.79 Å². The van der Waals surface area contributed by atoms with Crippen molar-refractivity contribution < 1.29 is 19.5 Å². The summed E-state index contributed by atoms with van der Waals surface area (Å²) in [6.07, 6.45) is 0.419. The molecule has 0 aromatic heterocycles. The number of carboxylic acids is 1. The van der Waals surface area contributed by atoms with E-state index in [2.05, 4.69) is 5.32 Å². The summed E-state index contributed by atoms with van der Waals surface area (Å²) in [7, 11) is 0. The van der Waals surface area contributed by atoms with Crippen LogP contribution in [0.3, 0.4) is 0 Å². The summed E-state index contributed by atoms with van der Waals surface area (Å²) >= 11 is 0. The molecule has 1 atom stereocenters. The van der Waals surface area contributed by atoms with Crippen molar-refractivity contribution in [3.8, 4) is 0 Å². The lowest BCUT2D eigenvalue weighted by Gasteiger charge is -2.29. The van der Waals surface area contributed by atoms with Crippen LogP contribution in [-0.2, 0) is 9.59 Å². The van der Waals surface area contributed by atoms with Gasteiger partial charge in [-0.05, 0) is 20.3 Å². The second-order valence-electron chi connectivity index (χ2n) is 4.18. The summed E-state index contributed by atoms with van der Waals surface area (Å²) < 4.78 is 0. The summed E-state index contributed by atoms with van der Waals surface area (Å²) in [6.45, 7) is 3.52. The Morgan fingerprint density at radius 1 is 1.50 bits per heavy atom. The smallest absolute Gasteiger partial charge is 0.324 e. The molecule has 16 heavy (non-hydrogen) atoms. The first-order valence-corrected chi connectivity index (χ1v) is 5.25. The highest BCUT2D eigenvalue weighted by atomic mass is 16.4. The standard InChI is InChI=1S/C10H16N2O4/c1-6(2)11-10(16)12-5-7(9(14)15)3-4-8(12)13/h6-7H,3-5H2,1-2H3,(H,11,16)(H,14,15). The van der Waals surface area contributed by atoms with Crippen molar-refractivity contribution in [2.24, 2.45) is 5.92 Å². The Kier molecular flexibility index (Phi) is 3.87. The van der Waals surface area contributed by atoms with Gasteiger partial charge in [0.1, 0.15) is 0 Å². The Morgan fingerprint density at radius 3 is 2.62 bits per heavy atom. The second kappa shape index (κ2) is 4.96. The molecule has 0 saturated carbocycles. The van der Waals surface area contributed by atoms with Gasteiger partial charge in [0.2, 0.25) is 5.91 Å². The Balaban J connectivity index is 2.66. The van der Waals surface area contributed by atoms with Crippen LogP contribution in [0.25, 0.3) is 0 Å². The number of carbonyl (C=O) groups excluding carboxylic acids is 2. The average Bonchev–Trinajstić information content (AvgIpc) is 2.16. The first-order chi connectivity index (χ1) is 7.41. The first kappa shape index (κ1) is 12.5. The Bertz CT molecular complexity index is 314. The molecule has 1 fully saturated rings. The third-order valence-electron chi connectivity index (χ3n) is 2.42. The van der Waals surface area contributed by atoms with Gasteiger partial charge in [0.15, 0.2) is 0 Å². The van der Waals surface area contributed by atoms with E-state index in [9.17, 15) is 14.4 Å². The van der Waals surface area contributed by atoms with Crippen LogP contribution >= 0.6 is 0 Å². The van der Waals surface area contributed by atoms with Crippen LogP contribution in [0.2, 0.25) is 0 Å². The Labute approximate surface area is 93.6 Å². The third-order valence-corrected chi connectivity index (χ3v) is 2.42. The van der Waals surface area contributed by atoms with Crippen LogP contribution in [0.15, 0.2) is 0 Å². The van der Waals surface area contributed by atoms with Crippen molar-refractivity contribution >= 4 is 17.9 Å². The lowest BCUT2D eigenvalue weighted by atomic mass is 9.98. The number of aliphatic carboxylic acids is 1. The molecule has 1 aliphatic heterocycles. The van der Waals surface area contributed by atoms with Crippen molar-refractivity contribution in [1.82, 2.24) is 10.2 Å². The van der Waals surface area contributed by atoms with Gasteiger partial charge in [-0.15, -0.1) is 0 Å². The summed E-state index contributed by atoms with van der Waals surface area (Å²) in [6, 6.07) is -0.587. The fourth-order valence-corrected chi connectivity index (χ4v) is 1.57. The van der Waals surface area contributed by atoms with Crippen LogP contribution < -0.4 is 5.32 Å². The van der Waals surface area contributed by atoms with Crippen molar-refractivity contribution in [2.45, 2.75) is 32.7 Å². The fourth-order valence-electron chi connectivity index (χ4n) is 1.57. The lowest BCUT2D eigenvalue weighted by Crippen LogP contribution is -2.51. The highest BCUT2D eigenvalue weighted by Crippen LogP contribution is 2.17. The molecular formula is C10H16N2O4. The monoisotopic (exact) mass is 228 g/mol. The number of hydrogen-bond acceptors (Lipinski definition) is 3. The molecule has 0 bridgehead atoms. The molecule has 90 valence electrons. The number of urea groups is 1. The quantitative estimate of drug-likeness (QED) is 0.717. The molecule has 6 nitrogen and oxygen atoms in total. The maximum absolute atomic E-state index is 11.6. The van der Waals surface area contributed by atoms with Crippen LogP contribution in [-0.4, -0.2) is 40.5 Å². The van der Waals surface area contributed by atoms with E-state index < -0.39 is 17.9 Å². The zero-order valence-electron chi connectivity index (χ0n) is 9.40. The van der Waals surface area contributed by atoms with E-state index in [1.807, 2.05) is 0 Å². The number of carbonyl (C=O) groups is 3. The summed E-state index contributed by atoms with van der Waals surface area (Å²) in [5, 5.41) is 11.4. The molecule has 0 aromatic rings.